The van der Waals surface area contributed by atoms with Crippen molar-refractivity contribution >= 4 is 0 Å². The maximum absolute atomic E-state index is 6.19. The molecule has 0 aliphatic carbocycles. The molecule has 4 aromatic rings. The lowest BCUT2D eigenvalue weighted by molar-refractivity contribution is 0.0878. The fourth-order valence-corrected chi connectivity index (χ4v) is 5.52. The van der Waals surface area contributed by atoms with Crippen LogP contribution in [0.2, 0.25) is 0 Å². The summed E-state index contributed by atoms with van der Waals surface area (Å²) >= 11 is 0. The molecule has 2 aliphatic rings. The van der Waals surface area contributed by atoms with Crippen molar-refractivity contribution in [1.82, 2.24) is 0 Å². The predicted octanol–water partition coefficient (Wildman–Crippen LogP) is 8.41. The van der Waals surface area contributed by atoms with Crippen LogP contribution in [-0.4, -0.2) is 77.8 Å². The van der Waals surface area contributed by atoms with Crippen LogP contribution in [-0.2, 0) is 18.9 Å². The van der Waals surface area contributed by atoms with Gasteiger partial charge in [0.2, 0.25) is 0 Å². The molecule has 50 heavy (non-hydrogen) atoms. The summed E-state index contributed by atoms with van der Waals surface area (Å²) in [4.78, 5) is 0. The first-order valence-corrected chi connectivity index (χ1v) is 18.0. The average Bonchev–Trinajstić information content (AvgIpc) is 4.09. The summed E-state index contributed by atoms with van der Waals surface area (Å²) in [5.41, 5.74) is 4.59. The van der Waals surface area contributed by atoms with Gasteiger partial charge in [-0.05, 0) is 97.0 Å². The fourth-order valence-electron chi connectivity index (χ4n) is 5.52. The Balaban J connectivity index is 0.793. The van der Waals surface area contributed by atoms with Gasteiger partial charge in [-0.15, -0.1) is 0 Å². The lowest BCUT2D eigenvalue weighted by atomic mass is 10.1. The van der Waals surface area contributed by atoms with Gasteiger partial charge < -0.3 is 37.9 Å². The quantitative estimate of drug-likeness (QED) is 0.0539. The summed E-state index contributed by atoms with van der Waals surface area (Å²) in [6.45, 7) is 8.00. The monoisotopic (exact) mass is 682 g/mol. The molecule has 2 heterocycles. The number of hydrogen-bond donors (Lipinski definition) is 0. The molecule has 8 nitrogen and oxygen atoms in total. The molecule has 0 spiro atoms. The lowest BCUT2D eigenvalue weighted by Gasteiger charge is -2.15. The highest BCUT2D eigenvalue weighted by molar-refractivity contribution is 5.65. The molecule has 0 radical (unpaired) electrons. The molecule has 3 unspecified atom stereocenters. The number of unbranched alkanes of at least 4 members (excludes halogenated alkanes) is 3. The second-order valence-electron chi connectivity index (χ2n) is 12.8. The van der Waals surface area contributed by atoms with Crippen molar-refractivity contribution in [3.05, 3.63) is 97.1 Å². The van der Waals surface area contributed by atoms with Crippen LogP contribution in [0.15, 0.2) is 97.1 Å². The Bertz CT molecular complexity index is 1510. The number of ether oxygens (including phenoxy) is 8. The van der Waals surface area contributed by atoms with Gasteiger partial charge in [-0.3, -0.25) is 0 Å². The van der Waals surface area contributed by atoms with E-state index in [2.05, 4.69) is 67.6 Å². The highest BCUT2D eigenvalue weighted by Gasteiger charge is 2.22. The number of epoxide rings is 2. The van der Waals surface area contributed by atoms with Gasteiger partial charge in [-0.2, -0.15) is 0 Å². The molecule has 2 aliphatic heterocycles. The molecule has 8 heteroatoms. The van der Waals surface area contributed by atoms with Crippen LogP contribution in [0.5, 0.6) is 23.0 Å². The minimum atomic E-state index is 0.170. The van der Waals surface area contributed by atoms with E-state index in [1.165, 1.54) is 6.42 Å². The number of benzene rings is 4. The summed E-state index contributed by atoms with van der Waals surface area (Å²) < 4.78 is 45.1. The van der Waals surface area contributed by atoms with E-state index < -0.39 is 0 Å². The van der Waals surface area contributed by atoms with Gasteiger partial charge in [0.15, 0.2) is 0 Å². The minimum absolute atomic E-state index is 0.170. The zero-order valence-electron chi connectivity index (χ0n) is 29.1. The molecule has 2 fully saturated rings. The highest BCUT2D eigenvalue weighted by atomic mass is 16.6. The van der Waals surface area contributed by atoms with Crippen molar-refractivity contribution < 1.29 is 37.9 Å². The Morgan fingerprint density at radius 2 is 0.860 bits per heavy atom. The second-order valence-corrected chi connectivity index (χ2v) is 12.8. The van der Waals surface area contributed by atoms with Gasteiger partial charge in [0.05, 0.1) is 52.4 Å². The number of hydrogen-bond acceptors (Lipinski definition) is 8. The maximum atomic E-state index is 6.19. The van der Waals surface area contributed by atoms with Crippen LogP contribution in [0.25, 0.3) is 22.3 Å². The van der Waals surface area contributed by atoms with E-state index in [-0.39, 0.29) is 18.3 Å². The molecule has 6 rings (SSSR count). The molecule has 0 amide bonds. The molecular weight excluding hydrogens is 632 g/mol. The first-order chi connectivity index (χ1) is 24.7. The zero-order chi connectivity index (χ0) is 34.2. The molecule has 4 aromatic carbocycles. The molecule has 266 valence electrons. The first kappa shape index (κ1) is 35.7. The average molecular weight is 683 g/mol. The molecule has 0 aromatic heterocycles. The van der Waals surface area contributed by atoms with Crippen LogP contribution in [0.4, 0.5) is 0 Å². The van der Waals surface area contributed by atoms with E-state index in [1.54, 1.807) is 0 Å². The summed E-state index contributed by atoms with van der Waals surface area (Å²) in [7, 11) is 0. The lowest BCUT2D eigenvalue weighted by Crippen LogP contribution is -2.11. The summed E-state index contributed by atoms with van der Waals surface area (Å²) in [6, 6.07) is 32.9. The van der Waals surface area contributed by atoms with Gasteiger partial charge in [0, 0.05) is 0 Å². The van der Waals surface area contributed by atoms with Crippen LogP contribution in [0.3, 0.4) is 0 Å². The molecule has 0 saturated carbocycles. The topological polar surface area (TPSA) is 80.4 Å². The Labute approximate surface area is 296 Å². The van der Waals surface area contributed by atoms with Crippen LogP contribution < -0.4 is 18.9 Å². The summed E-state index contributed by atoms with van der Waals surface area (Å²) in [5, 5.41) is 0. The van der Waals surface area contributed by atoms with Crippen LogP contribution in [0.1, 0.15) is 39.0 Å². The van der Waals surface area contributed by atoms with E-state index in [4.69, 9.17) is 37.9 Å². The van der Waals surface area contributed by atoms with Gasteiger partial charge in [0.1, 0.15) is 48.4 Å². The van der Waals surface area contributed by atoms with Crippen molar-refractivity contribution in [3.8, 4) is 45.3 Å². The van der Waals surface area contributed by atoms with E-state index in [0.717, 1.165) is 90.8 Å². The van der Waals surface area contributed by atoms with Gasteiger partial charge in [-0.1, -0.05) is 61.4 Å². The Hall–Kier alpha value is -4.08. The molecule has 2 saturated heterocycles. The largest absolute Gasteiger partial charge is 0.494 e. The highest BCUT2D eigenvalue weighted by Crippen LogP contribution is 2.27. The maximum Gasteiger partial charge on any atom is 0.119 e. The zero-order valence-corrected chi connectivity index (χ0v) is 29.1. The second kappa shape index (κ2) is 19.3. The van der Waals surface area contributed by atoms with Crippen molar-refractivity contribution in [2.24, 2.45) is 0 Å². The predicted molar refractivity (Wildman–Crippen MR) is 195 cm³/mol. The van der Waals surface area contributed by atoms with E-state index >= 15 is 0 Å². The summed E-state index contributed by atoms with van der Waals surface area (Å²) in [5.74, 6) is 3.49. The fraction of sp³-hybridized carbons (Fsp3) is 0.429. The van der Waals surface area contributed by atoms with E-state index in [9.17, 15) is 0 Å². The third-order valence-corrected chi connectivity index (χ3v) is 8.60. The smallest absolute Gasteiger partial charge is 0.119 e. The van der Waals surface area contributed by atoms with E-state index in [0.29, 0.717) is 39.6 Å². The molecule has 3 atom stereocenters. The molecule has 0 N–H and O–H groups in total. The van der Waals surface area contributed by atoms with Crippen molar-refractivity contribution in [2.45, 2.75) is 57.3 Å². The standard InChI is InChI=1S/C42H50O8/c1-32(50-40-21-13-36(14-22-40)35-11-19-39(20-12-35)47-27-25-44-29-42-31-49-42)6-4-2-3-5-23-45-37-15-7-33(8-16-37)34-9-17-38(18-10-34)46-26-24-43-28-41-30-48-41/h7-22,32,41-42H,2-6,23-31H2,1H3. The van der Waals surface area contributed by atoms with Crippen molar-refractivity contribution in [1.29, 1.82) is 0 Å². The van der Waals surface area contributed by atoms with Gasteiger partial charge >= 0.3 is 0 Å². The SMILES string of the molecule is CC(CCCCCCOc1ccc(-c2ccc(OCCOCC3CO3)cc2)cc1)Oc1ccc(-c2ccc(OCCOCC3CO3)cc2)cc1. The Morgan fingerprint density at radius 3 is 1.28 bits per heavy atom. The minimum Gasteiger partial charge on any atom is -0.494 e. The molecule has 0 bridgehead atoms. The number of rotatable bonds is 24. The Morgan fingerprint density at radius 1 is 0.480 bits per heavy atom. The van der Waals surface area contributed by atoms with Crippen LogP contribution in [0, 0.1) is 0 Å². The first-order valence-electron chi connectivity index (χ1n) is 18.0. The summed E-state index contributed by atoms with van der Waals surface area (Å²) in [6.07, 6.45) is 6.26. The molecular formula is C42H50O8. The van der Waals surface area contributed by atoms with Gasteiger partial charge in [-0.25, -0.2) is 0 Å². The third-order valence-electron chi connectivity index (χ3n) is 8.60. The van der Waals surface area contributed by atoms with Crippen molar-refractivity contribution in [2.75, 3.05) is 59.5 Å². The van der Waals surface area contributed by atoms with Gasteiger partial charge in [0.25, 0.3) is 0 Å². The Kier molecular flexibility index (Phi) is 13.8. The van der Waals surface area contributed by atoms with E-state index in [1.807, 2.05) is 36.4 Å². The van der Waals surface area contributed by atoms with Crippen LogP contribution >= 0.6 is 0 Å². The van der Waals surface area contributed by atoms with Crippen molar-refractivity contribution in [3.63, 3.8) is 0 Å². The third kappa shape index (κ3) is 12.7. The normalized spacial score (nSPS) is 16.8.